The standard InChI is InChI=1S/C25H19N3O4/c1-15-5-10-20(32-2)19(12-15)23(29)21-22(17-4-3-11-27-14-17)28(25(31)24(21)30)18-8-6-16(13-26)7-9-18/h3-12,14,22,29H,1-2H3/b23-21+. The van der Waals surface area contributed by atoms with E-state index in [0.717, 1.165) is 5.56 Å². The number of ketones is 1. The highest BCUT2D eigenvalue weighted by Crippen LogP contribution is 2.43. The largest absolute Gasteiger partial charge is 0.507 e. The zero-order chi connectivity index (χ0) is 22.8. The molecule has 0 saturated carbocycles. The van der Waals surface area contributed by atoms with Gasteiger partial charge in [0.05, 0.1) is 35.9 Å². The Labute approximate surface area is 184 Å². The second kappa shape index (κ2) is 8.36. The van der Waals surface area contributed by atoms with Crippen LogP contribution in [0.4, 0.5) is 5.69 Å². The quantitative estimate of drug-likeness (QED) is 0.386. The van der Waals surface area contributed by atoms with Gasteiger partial charge in [-0.2, -0.15) is 5.26 Å². The van der Waals surface area contributed by atoms with E-state index < -0.39 is 17.7 Å². The van der Waals surface area contributed by atoms with Crippen LogP contribution in [-0.4, -0.2) is 28.9 Å². The molecule has 0 spiro atoms. The van der Waals surface area contributed by atoms with Gasteiger partial charge >= 0.3 is 0 Å². The minimum absolute atomic E-state index is 0.0590. The number of carbonyl (C=O) groups excluding carboxylic acids is 2. The first-order chi connectivity index (χ1) is 15.5. The molecule has 1 aliphatic heterocycles. The fourth-order valence-electron chi connectivity index (χ4n) is 3.80. The van der Waals surface area contributed by atoms with Gasteiger partial charge in [0.25, 0.3) is 11.7 Å². The number of pyridine rings is 1. The Morgan fingerprint density at radius 2 is 1.91 bits per heavy atom. The molecule has 2 aromatic carbocycles. The zero-order valence-corrected chi connectivity index (χ0v) is 17.4. The summed E-state index contributed by atoms with van der Waals surface area (Å²) in [6.07, 6.45) is 3.13. The summed E-state index contributed by atoms with van der Waals surface area (Å²) >= 11 is 0. The maximum atomic E-state index is 13.2. The third kappa shape index (κ3) is 3.48. The molecule has 4 rings (SSSR count). The van der Waals surface area contributed by atoms with Gasteiger partial charge in [0, 0.05) is 18.1 Å². The minimum atomic E-state index is -0.901. The van der Waals surface area contributed by atoms with Crippen molar-refractivity contribution < 1.29 is 19.4 Å². The number of methoxy groups -OCH3 is 1. The van der Waals surface area contributed by atoms with E-state index in [1.54, 1.807) is 60.9 Å². The molecule has 1 atom stereocenters. The Bertz CT molecular complexity index is 1270. The Kier molecular flexibility index (Phi) is 5.44. The summed E-state index contributed by atoms with van der Waals surface area (Å²) in [6, 6.07) is 16.1. The number of ether oxygens (including phenoxy) is 1. The van der Waals surface area contributed by atoms with Crippen LogP contribution in [0, 0.1) is 18.3 Å². The van der Waals surface area contributed by atoms with Gasteiger partial charge in [-0.1, -0.05) is 17.7 Å². The lowest BCUT2D eigenvalue weighted by atomic mass is 9.95. The van der Waals surface area contributed by atoms with E-state index in [0.29, 0.717) is 28.1 Å². The van der Waals surface area contributed by atoms with Crippen LogP contribution in [0.3, 0.4) is 0 Å². The molecule has 1 saturated heterocycles. The number of nitrogens with zero attached hydrogens (tertiary/aromatic N) is 3. The number of hydrogen-bond donors (Lipinski definition) is 1. The van der Waals surface area contributed by atoms with Gasteiger partial charge in [0.1, 0.15) is 11.5 Å². The van der Waals surface area contributed by atoms with E-state index in [9.17, 15) is 14.7 Å². The van der Waals surface area contributed by atoms with Gasteiger partial charge in [-0.15, -0.1) is 0 Å². The molecule has 1 unspecified atom stereocenters. The second-order valence-electron chi connectivity index (χ2n) is 7.32. The molecule has 1 amide bonds. The normalized spacial score (nSPS) is 17.3. The average Bonchev–Trinajstić information content (AvgIpc) is 3.09. The van der Waals surface area contributed by atoms with Gasteiger partial charge in [-0.05, 0) is 55.0 Å². The van der Waals surface area contributed by atoms with Gasteiger partial charge in [0.2, 0.25) is 0 Å². The summed E-state index contributed by atoms with van der Waals surface area (Å²) in [5.74, 6) is -1.54. The molecule has 158 valence electrons. The topological polar surface area (TPSA) is 104 Å². The van der Waals surface area contributed by atoms with Crippen molar-refractivity contribution in [2.75, 3.05) is 12.0 Å². The molecule has 32 heavy (non-hydrogen) atoms. The maximum absolute atomic E-state index is 13.2. The number of nitriles is 1. The van der Waals surface area contributed by atoms with Crippen molar-refractivity contribution in [1.29, 1.82) is 5.26 Å². The van der Waals surface area contributed by atoms with Crippen LogP contribution in [0.2, 0.25) is 0 Å². The average molecular weight is 425 g/mol. The lowest BCUT2D eigenvalue weighted by Gasteiger charge is -2.25. The number of Topliss-reactive ketones (excluding diaryl/α,β-unsaturated/α-hetero) is 1. The van der Waals surface area contributed by atoms with Crippen LogP contribution in [0.25, 0.3) is 5.76 Å². The number of benzene rings is 2. The highest BCUT2D eigenvalue weighted by atomic mass is 16.5. The number of aliphatic hydroxyl groups is 1. The summed E-state index contributed by atoms with van der Waals surface area (Å²) in [5.41, 5.74) is 2.52. The van der Waals surface area contributed by atoms with Gasteiger partial charge < -0.3 is 9.84 Å². The molecular weight excluding hydrogens is 406 g/mol. The van der Waals surface area contributed by atoms with Crippen LogP contribution < -0.4 is 9.64 Å². The summed E-state index contributed by atoms with van der Waals surface area (Å²) in [7, 11) is 1.47. The molecule has 3 aromatic rings. The number of aromatic nitrogens is 1. The fourth-order valence-corrected chi connectivity index (χ4v) is 3.80. The van der Waals surface area contributed by atoms with Crippen molar-refractivity contribution in [3.8, 4) is 11.8 Å². The Morgan fingerprint density at radius 3 is 2.53 bits per heavy atom. The smallest absolute Gasteiger partial charge is 0.300 e. The maximum Gasteiger partial charge on any atom is 0.300 e. The summed E-state index contributed by atoms with van der Waals surface area (Å²) in [4.78, 5) is 31.7. The van der Waals surface area contributed by atoms with Crippen molar-refractivity contribution in [3.05, 3.63) is 94.8 Å². The molecule has 1 fully saturated rings. The van der Waals surface area contributed by atoms with E-state index in [-0.39, 0.29) is 11.3 Å². The van der Waals surface area contributed by atoms with Crippen LogP contribution in [0.1, 0.15) is 28.3 Å². The Morgan fingerprint density at radius 1 is 1.16 bits per heavy atom. The van der Waals surface area contributed by atoms with Crippen LogP contribution in [0.5, 0.6) is 5.75 Å². The van der Waals surface area contributed by atoms with Crippen molar-refractivity contribution in [2.24, 2.45) is 0 Å². The predicted octanol–water partition coefficient (Wildman–Crippen LogP) is 3.90. The molecule has 0 radical (unpaired) electrons. The highest BCUT2D eigenvalue weighted by molar-refractivity contribution is 6.51. The molecule has 1 aromatic heterocycles. The number of rotatable bonds is 4. The van der Waals surface area contributed by atoms with Gasteiger partial charge in [-0.25, -0.2) is 0 Å². The SMILES string of the molecule is COc1ccc(C)cc1/C(O)=C1\C(=O)C(=O)N(c2ccc(C#N)cc2)C1c1cccnc1. The Hall–Kier alpha value is -4.44. The summed E-state index contributed by atoms with van der Waals surface area (Å²) < 4.78 is 5.37. The highest BCUT2D eigenvalue weighted by Gasteiger charge is 2.47. The first-order valence-electron chi connectivity index (χ1n) is 9.82. The fraction of sp³-hybridized carbons (Fsp3) is 0.120. The van der Waals surface area contributed by atoms with Crippen molar-refractivity contribution in [1.82, 2.24) is 4.98 Å². The molecule has 7 nitrogen and oxygen atoms in total. The second-order valence-corrected chi connectivity index (χ2v) is 7.32. The van der Waals surface area contributed by atoms with Gasteiger partial charge in [0.15, 0.2) is 0 Å². The number of aliphatic hydroxyl groups excluding tert-OH is 1. The van der Waals surface area contributed by atoms with Gasteiger partial charge in [-0.3, -0.25) is 19.5 Å². The number of anilines is 1. The molecule has 0 aliphatic carbocycles. The first kappa shape index (κ1) is 20.8. The van der Waals surface area contributed by atoms with Crippen molar-refractivity contribution >= 4 is 23.1 Å². The number of aryl methyl sites for hydroxylation is 1. The van der Waals surface area contributed by atoms with E-state index in [1.165, 1.54) is 12.0 Å². The molecule has 1 aliphatic rings. The number of hydrogen-bond acceptors (Lipinski definition) is 6. The van der Waals surface area contributed by atoms with Crippen LogP contribution in [0.15, 0.2) is 72.6 Å². The zero-order valence-electron chi connectivity index (χ0n) is 17.4. The van der Waals surface area contributed by atoms with E-state index >= 15 is 0 Å². The number of carbonyl (C=O) groups is 2. The molecular formula is C25H19N3O4. The third-order valence-electron chi connectivity index (χ3n) is 5.33. The summed E-state index contributed by atoms with van der Waals surface area (Å²) in [6.45, 7) is 1.85. The summed E-state index contributed by atoms with van der Waals surface area (Å²) in [5, 5.41) is 20.3. The van der Waals surface area contributed by atoms with Crippen LogP contribution >= 0.6 is 0 Å². The molecule has 7 heteroatoms. The predicted molar refractivity (Wildman–Crippen MR) is 118 cm³/mol. The lowest BCUT2D eigenvalue weighted by Crippen LogP contribution is -2.29. The third-order valence-corrected chi connectivity index (χ3v) is 5.33. The van der Waals surface area contributed by atoms with Crippen molar-refractivity contribution in [3.63, 3.8) is 0 Å². The minimum Gasteiger partial charge on any atom is -0.507 e. The molecule has 0 bridgehead atoms. The molecule has 2 heterocycles. The monoisotopic (exact) mass is 425 g/mol. The number of amides is 1. The van der Waals surface area contributed by atoms with Crippen molar-refractivity contribution in [2.45, 2.75) is 13.0 Å². The van der Waals surface area contributed by atoms with E-state index in [1.807, 2.05) is 19.1 Å². The van der Waals surface area contributed by atoms with Crippen LogP contribution in [-0.2, 0) is 9.59 Å². The van der Waals surface area contributed by atoms with E-state index in [2.05, 4.69) is 4.98 Å². The first-order valence-corrected chi connectivity index (χ1v) is 9.82. The van der Waals surface area contributed by atoms with E-state index in [4.69, 9.17) is 10.00 Å². The Balaban J connectivity index is 1.96. The molecule has 1 N–H and O–H groups in total. The lowest BCUT2D eigenvalue weighted by molar-refractivity contribution is -0.132.